The number of carbonyl (C=O) groups is 1. The van der Waals surface area contributed by atoms with Crippen molar-refractivity contribution in [2.75, 3.05) is 6.54 Å². The summed E-state index contributed by atoms with van der Waals surface area (Å²) in [6.45, 7) is 3.80. The Morgan fingerprint density at radius 1 is 1.43 bits per heavy atom. The summed E-state index contributed by atoms with van der Waals surface area (Å²) in [5.41, 5.74) is 1.64. The summed E-state index contributed by atoms with van der Waals surface area (Å²) in [5, 5.41) is 17.2. The zero-order chi connectivity index (χ0) is 15.5. The highest BCUT2D eigenvalue weighted by Gasteiger charge is 2.25. The van der Waals surface area contributed by atoms with E-state index >= 15 is 0 Å². The average Bonchev–Trinajstić information content (AvgIpc) is 2.87. The highest BCUT2D eigenvalue weighted by Crippen LogP contribution is 2.18. The topological polar surface area (TPSA) is 67.2 Å². The van der Waals surface area contributed by atoms with E-state index in [1.807, 2.05) is 31.2 Å². The number of amides is 1. The van der Waals surface area contributed by atoms with Crippen molar-refractivity contribution in [3.05, 3.63) is 53.3 Å². The van der Waals surface area contributed by atoms with Crippen LogP contribution in [0.3, 0.4) is 0 Å². The second-order valence-electron chi connectivity index (χ2n) is 5.56. The molecule has 1 atom stereocenters. The molecular weight excluding hydrogens is 266 g/mol. The molecule has 1 heterocycles. The van der Waals surface area contributed by atoms with Gasteiger partial charge in [0.15, 0.2) is 0 Å². The van der Waals surface area contributed by atoms with Crippen LogP contribution >= 0.6 is 0 Å². The van der Waals surface area contributed by atoms with Crippen LogP contribution < -0.4 is 5.32 Å². The Morgan fingerprint density at radius 3 is 2.76 bits per heavy atom. The summed E-state index contributed by atoms with van der Waals surface area (Å²) in [6.07, 6.45) is 3.66. The van der Waals surface area contributed by atoms with Gasteiger partial charge in [-0.1, -0.05) is 24.3 Å². The Balaban J connectivity index is 1.93. The molecule has 1 aromatic carbocycles. The number of nitrogens with zero attached hydrogens (tertiary/aromatic N) is 2. The third-order valence-electron chi connectivity index (χ3n) is 3.57. The molecule has 2 aromatic rings. The normalized spacial score (nSPS) is 13.7. The van der Waals surface area contributed by atoms with Crippen LogP contribution in [0.4, 0.5) is 0 Å². The fraction of sp³-hybridized carbons (Fsp3) is 0.375. The number of hydrogen-bond donors (Lipinski definition) is 2. The number of rotatable bonds is 5. The van der Waals surface area contributed by atoms with Crippen LogP contribution in [0.25, 0.3) is 0 Å². The number of carbonyl (C=O) groups excluding carboxylic acids is 1. The molecule has 21 heavy (non-hydrogen) atoms. The Bertz CT molecular complexity index is 632. The molecule has 0 fully saturated rings. The van der Waals surface area contributed by atoms with E-state index in [1.165, 1.54) is 0 Å². The molecule has 5 nitrogen and oxygen atoms in total. The van der Waals surface area contributed by atoms with E-state index in [-0.39, 0.29) is 12.5 Å². The highest BCUT2D eigenvalue weighted by molar-refractivity contribution is 5.79. The molecule has 0 aliphatic heterocycles. The van der Waals surface area contributed by atoms with Gasteiger partial charge in [0.1, 0.15) is 5.60 Å². The lowest BCUT2D eigenvalue weighted by atomic mass is 9.99. The first-order valence-electron chi connectivity index (χ1n) is 6.91. The van der Waals surface area contributed by atoms with Crippen LogP contribution in [0.2, 0.25) is 0 Å². The maximum absolute atomic E-state index is 12.0. The smallest absolute Gasteiger partial charge is 0.224 e. The van der Waals surface area contributed by atoms with Crippen molar-refractivity contribution in [2.45, 2.75) is 25.9 Å². The number of aromatic nitrogens is 2. The largest absolute Gasteiger partial charge is 0.383 e. The zero-order valence-electron chi connectivity index (χ0n) is 12.6. The van der Waals surface area contributed by atoms with Crippen LogP contribution in [0, 0.1) is 6.92 Å². The minimum Gasteiger partial charge on any atom is -0.383 e. The monoisotopic (exact) mass is 287 g/mol. The lowest BCUT2D eigenvalue weighted by molar-refractivity contribution is -0.121. The number of aryl methyl sites for hydroxylation is 2. The van der Waals surface area contributed by atoms with Gasteiger partial charge in [0.05, 0.1) is 19.2 Å². The maximum Gasteiger partial charge on any atom is 0.224 e. The summed E-state index contributed by atoms with van der Waals surface area (Å²) in [5.74, 6) is -0.103. The van der Waals surface area contributed by atoms with Crippen molar-refractivity contribution in [3.8, 4) is 0 Å². The predicted octanol–water partition coefficient (Wildman–Crippen LogP) is 1.29. The molecule has 0 aliphatic carbocycles. The molecule has 5 heteroatoms. The average molecular weight is 287 g/mol. The van der Waals surface area contributed by atoms with Gasteiger partial charge < -0.3 is 10.4 Å². The van der Waals surface area contributed by atoms with Crippen LogP contribution in [0.5, 0.6) is 0 Å². The molecule has 112 valence electrons. The summed E-state index contributed by atoms with van der Waals surface area (Å²) in [7, 11) is 1.79. The van der Waals surface area contributed by atoms with Gasteiger partial charge in [-0.3, -0.25) is 9.48 Å². The van der Waals surface area contributed by atoms with Gasteiger partial charge >= 0.3 is 0 Å². The highest BCUT2D eigenvalue weighted by atomic mass is 16.3. The van der Waals surface area contributed by atoms with Crippen molar-refractivity contribution in [1.29, 1.82) is 0 Å². The first-order valence-corrected chi connectivity index (χ1v) is 6.91. The molecule has 0 spiro atoms. The molecule has 1 aromatic heterocycles. The van der Waals surface area contributed by atoms with Crippen molar-refractivity contribution in [1.82, 2.24) is 15.1 Å². The number of aliphatic hydroxyl groups is 1. The Hall–Kier alpha value is -2.14. The van der Waals surface area contributed by atoms with Crippen molar-refractivity contribution >= 4 is 5.91 Å². The van der Waals surface area contributed by atoms with Gasteiger partial charge in [0, 0.05) is 18.8 Å². The number of nitrogens with one attached hydrogen (secondary N) is 1. The lowest BCUT2D eigenvalue weighted by Crippen LogP contribution is -2.39. The van der Waals surface area contributed by atoms with E-state index in [9.17, 15) is 9.90 Å². The van der Waals surface area contributed by atoms with Gasteiger partial charge in [-0.05, 0) is 25.0 Å². The summed E-state index contributed by atoms with van der Waals surface area (Å²) in [4.78, 5) is 12.0. The summed E-state index contributed by atoms with van der Waals surface area (Å²) in [6, 6.07) is 7.79. The van der Waals surface area contributed by atoms with E-state index in [4.69, 9.17) is 0 Å². The summed E-state index contributed by atoms with van der Waals surface area (Å²) < 4.78 is 1.62. The van der Waals surface area contributed by atoms with Crippen molar-refractivity contribution < 1.29 is 9.90 Å². The third-order valence-corrected chi connectivity index (χ3v) is 3.57. The van der Waals surface area contributed by atoms with E-state index in [0.717, 1.165) is 11.1 Å². The molecule has 1 amide bonds. The van der Waals surface area contributed by atoms with Gasteiger partial charge in [-0.25, -0.2) is 0 Å². The fourth-order valence-corrected chi connectivity index (χ4v) is 2.12. The standard InChI is InChI=1S/C16H21N3O2/c1-12-6-4-5-7-13(12)8-15(20)17-11-16(2,21)14-9-18-19(3)10-14/h4-7,9-10,21H,8,11H2,1-3H3,(H,17,20). The van der Waals surface area contributed by atoms with Gasteiger partial charge in [0.25, 0.3) is 0 Å². The second-order valence-corrected chi connectivity index (χ2v) is 5.56. The van der Waals surface area contributed by atoms with Crippen molar-refractivity contribution in [3.63, 3.8) is 0 Å². The molecule has 0 saturated heterocycles. The molecule has 0 radical (unpaired) electrons. The molecule has 0 aliphatic rings. The molecule has 0 saturated carbocycles. The second kappa shape index (κ2) is 6.10. The SMILES string of the molecule is Cc1ccccc1CC(=O)NCC(C)(O)c1cnn(C)c1. The van der Waals surface area contributed by atoms with E-state index < -0.39 is 5.60 Å². The molecule has 1 unspecified atom stereocenters. The summed E-state index contributed by atoms with van der Waals surface area (Å²) >= 11 is 0. The Labute approximate surface area is 124 Å². The fourth-order valence-electron chi connectivity index (χ4n) is 2.12. The van der Waals surface area contributed by atoms with Crippen LogP contribution in [-0.2, 0) is 23.9 Å². The van der Waals surface area contributed by atoms with Gasteiger partial charge in [-0.2, -0.15) is 5.10 Å². The van der Waals surface area contributed by atoms with E-state index in [1.54, 1.807) is 31.0 Å². The van der Waals surface area contributed by atoms with Crippen molar-refractivity contribution in [2.24, 2.45) is 7.05 Å². The zero-order valence-corrected chi connectivity index (χ0v) is 12.6. The Morgan fingerprint density at radius 2 is 2.14 bits per heavy atom. The van der Waals surface area contributed by atoms with Gasteiger partial charge in [-0.15, -0.1) is 0 Å². The van der Waals surface area contributed by atoms with E-state index in [0.29, 0.717) is 12.0 Å². The van der Waals surface area contributed by atoms with E-state index in [2.05, 4.69) is 10.4 Å². The number of benzene rings is 1. The first-order chi connectivity index (χ1) is 9.88. The quantitative estimate of drug-likeness (QED) is 0.871. The van der Waals surface area contributed by atoms with Crippen LogP contribution in [-0.4, -0.2) is 27.3 Å². The van der Waals surface area contributed by atoms with Crippen LogP contribution in [0.15, 0.2) is 36.7 Å². The minimum atomic E-state index is -1.13. The molecule has 2 rings (SSSR count). The van der Waals surface area contributed by atoms with Crippen LogP contribution in [0.1, 0.15) is 23.6 Å². The molecular formula is C16H21N3O2. The minimum absolute atomic E-state index is 0.103. The third kappa shape index (κ3) is 3.92. The predicted molar refractivity (Wildman–Crippen MR) is 80.7 cm³/mol. The molecule has 2 N–H and O–H groups in total. The maximum atomic E-state index is 12.0. The first kappa shape index (κ1) is 15.3. The lowest BCUT2D eigenvalue weighted by Gasteiger charge is -2.22. The Kier molecular flexibility index (Phi) is 4.43. The van der Waals surface area contributed by atoms with Gasteiger partial charge in [0.2, 0.25) is 5.91 Å². The molecule has 0 bridgehead atoms. The number of hydrogen-bond acceptors (Lipinski definition) is 3.